The van der Waals surface area contributed by atoms with Gasteiger partial charge < -0.3 is 10.4 Å². The van der Waals surface area contributed by atoms with Gasteiger partial charge in [-0.15, -0.1) is 0 Å². The largest absolute Gasteiger partial charge is 0.396 e. The zero-order valence-electron chi connectivity index (χ0n) is 10.9. The van der Waals surface area contributed by atoms with Crippen molar-refractivity contribution in [2.45, 2.75) is 46.5 Å². The lowest BCUT2D eigenvalue weighted by atomic mass is 9.88. The average Bonchev–Trinajstić information content (AvgIpc) is 2.25. The van der Waals surface area contributed by atoms with Crippen LogP contribution in [0.3, 0.4) is 0 Å². The van der Waals surface area contributed by atoms with Crippen LogP contribution in [-0.4, -0.2) is 24.8 Å². The van der Waals surface area contributed by atoms with Gasteiger partial charge in [0.2, 0.25) is 0 Å². The summed E-state index contributed by atoms with van der Waals surface area (Å²) in [4.78, 5) is 0. The van der Waals surface area contributed by atoms with Gasteiger partial charge in [-0.05, 0) is 30.7 Å². The quantitative estimate of drug-likeness (QED) is 0.634. The lowest BCUT2D eigenvalue weighted by Crippen LogP contribution is -2.33. The molecule has 16 heavy (non-hydrogen) atoms. The molecule has 2 N–H and O–H groups in total. The van der Waals surface area contributed by atoms with Crippen LogP contribution in [0.15, 0.2) is 0 Å². The summed E-state index contributed by atoms with van der Waals surface area (Å²) in [6.45, 7) is 8.71. The minimum absolute atomic E-state index is 0.188. The fourth-order valence-corrected chi connectivity index (χ4v) is 1.73. The molecule has 0 rings (SSSR count). The second-order valence-corrected chi connectivity index (χ2v) is 5.24. The van der Waals surface area contributed by atoms with Crippen molar-refractivity contribution >= 4 is 0 Å². The fourth-order valence-electron chi connectivity index (χ4n) is 1.73. The van der Waals surface area contributed by atoms with E-state index in [9.17, 15) is 0 Å². The van der Waals surface area contributed by atoms with Crippen LogP contribution < -0.4 is 5.32 Å². The molecule has 0 aliphatic carbocycles. The molecule has 0 amide bonds. The molecule has 0 aromatic carbocycles. The van der Waals surface area contributed by atoms with Gasteiger partial charge in [-0.1, -0.05) is 27.2 Å². The molecular formula is C13H26N2O. The maximum Gasteiger partial charge on any atom is 0.0621 e. The smallest absolute Gasteiger partial charge is 0.0621 e. The molecule has 0 heterocycles. The van der Waals surface area contributed by atoms with Crippen molar-refractivity contribution < 1.29 is 5.11 Å². The summed E-state index contributed by atoms with van der Waals surface area (Å²) >= 11 is 0. The lowest BCUT2D eigenvalue weighted by Gasteiger charge is -2.25. The molecule has 3 heteroatoms. The van der Waals surface area contributed by atoms with Crippen LogP contribution in [0.2, 0.25) is 0 Å². The van der Waals surface area contributed by atoms with E-state index >= 15 is 0 Å². The normalized spacial score (nSPS) is 13.4. The summed E-state index contributed by atoms with van der Waals surface area (Å²) in [5.74, 6) is 0.566. The van der Waals surface area contributed by atoms with Crippen LogP contribution in [0.25, 0.3) is 0 Å². The Bertz CT molecular complexity index is 208. The standard InChI is InChI=1S/C13H26N2O/c1-4-12(6-9-16)10-15-11-13(2,3)7-5-8-14/h12,15-16H,4-7,9-11H2,1-3H3. The first-order valence-electron chi connectivity index (χ1n) is 6.24. The van der Waals surface area contributed by atoms with Gasteiger partial charge in [0.25, 0.3) is 0 Å². The highest BCUT2D eigenvalue weighted by atomic mass is 16.3. The Morgan fingerprint density at radius 3 is 2.62 bits per heavy atom. The zero-order chi connectivity index (χ0) is 12.4. The minimum Gasteiger partial charge on any atom is -0.396 e. The number of nitrogens with one attached hydrogen (secondary N) is 1. The fraction of sp³-hybridized carbons (Fsp3) is 0.923. The van der Waals surface area contributed by atoms with Crippen LogP contribution in [0.5, 0.6) is 0 Å². The molecule has 3 nitrogen and oxygen atoms in total. The maximum atomic E-state index is 8.88. The van der Waals surface area contributed by atoms with Crippen LogP contribution >= 0.6 is 0 Å². The predicted octanol–water partition coefficient (Wildman–Crippen LogP) is 2.31. The molecule has 0 aliphatic heterocycles. The van der Waals surface area contributed by atoms with E-state index in [1.54, 1.807) is 0 Å². The monoisotopic (exact) mass is 226 g/mol. The van der Waals surface area contributed by atoms with Crippen LogP contribution in [-0.2, 0) is 0 Å². The van der Waals surface area contributed by atoms with Gasteiger partial charge in [-0.25, -0.2) is 0 Å². The molecule has 1 atom stereocenters. The van der Waals surface area contributed by atoms with E-state index in [4.69, 9.17) is 10.4 Å². The number of nitrogens with zero attached hydrogens (tertiary/aromatic N) is 1. The van der Waals surface area contributed by atoms with Crippen molar-refractivity contribution in [3.63, 3.8) is 0 Å². The lowest BCUT2D eigenvalue weighted by molar-refractivity contribution is 0.243. The van der Waals surface area contributed by atoms with Crippen LogP contribution in [0.1, 0.15) is 46.5 Å². The summed E-state index contributed by atoms with van der Waals surface area (Å²) in [6, 6.07) is 2.19. The van der Waals surface area contributed by atoms with Crippen molar-refractivity contribution in [1.29, 1.82) is 5.26 Å². The SMILES string of the molecule is CCC(CCO)CNCC(C)(C)CCC#N. The summed E-state index contributed by atoms with van der Waals surface area (Å²) < 4.78 is 0. The van der Waals surface area contributed by atoms with Gasteiger partial charge in [0.05, 0.1) is 6.07 Å². The highest BCUT2D eigenvalue weighted by Crippen LogP contribution is 2.20. The predicted molar refractivity (Wildman–Crippen MR) is 67.0 cm³/mol. The molecule has 0 saturated heterocycles. The van der Waals surface area contributed by atoms with E-state index in [2.05, 4.69) is 32.2 Å². The molecule has 0 aromatic heterocycles. The van der Waals surface area contributed by atoms with E-state index in [1.807, 2.05) is 0 Å². The molecule has 0 fully saturated rings. The number of hydrogen-bond acceptors (Lipinski definition) is 3. The molecular weight excluding hydrogens is 200 g/mol. The summed E-state index contributed by atoms with van der Waals surface area (Å²) in [5.41, 5.74) is 0.188. The summed E-state index contributed by atoms with van der Waals surface area (Å²) in [5, 5.41) is 20.9. The Labute approximate surface area is 99.9 Å². The van der Waals surface area contributed by atoms with Crippen molar-refractivity contribution in [3.05, 3.63) is 0 Å². The second kappa shape index (κ2) is 8.55. The minimum atomic E-state index is 0.188. The third-order valence-corrected chi connectivity index (χ3v) is 3.06. The highest BCUT2D eigenvalue weighted by molar-refractivity contribution is 4.79. The van der Waals surface area contributed by atoms with Gasteiger partial charge in [0.1, 0.15) is 0 Å². The molecule has 0 spiro atoms. The van der Waals surface area contributed by atoms with E-state index in [0.29, 0.717) is 12.3 Å². The topological polar surface area (TPSA) is 56.0 Å². The van der Waals surface area contributed by atoms with Crippen molar-refractivity contribution in [3.8, 4) is 6.07 Å². The number of rotatable bonds is 9. The van der Waals surface area contributed by atoms with Crippen molar-refractivity contribution in [2.75, 3.05) is 19.7 Å². The molecule has 0 saturated carbocycles. The number of nitriles is 1. The van der Waals surface area contributed by atoms with E-state index < -0.39 is 0 Å². The highest BCUT2D eigenvalue weighted by Gasteiger charge is 2.17. The molecule has 94 valence electrons. The first kappa shape index (κ1) is 15.4. The van der Waals surface area contributed by atoms with Gasteiger partial charge >= 0.3 is 0 Å². The molecule has 0 bridgehead atoms. The molecule has 1 unspecified atom stereocenters. The molecule has 0 aliphatic rings. The van der Waals surface area contributed by atoms with Crippen molar-refractivity contribution in [1.82, 2.24) is 5.32 Å². The zero-order valence-corrected chi connectivity index (χ0v) is 10.9. The van der Waals surface area contributed by atoms with Gasteiger partial charge in [-0.3, -0.25) is 0 Å². The third kappa shape index (κ3) is 7.67. The third-order valence-electron chi connectivity index (χ3n) is 3.06. The van der Waals surface area contributed by atoms with Gasteiger partial charge in [-0.2, -0.15) is 5.26 Å². The summed E-state index contributed by atoms with van der Waals surface area (Å²) in [7, 11) is 0. The number of aliphatic hydroxyl groups excluding tert-OH is 1. The van der Waals surface area contributed by atoms with Crippen LogP contribution in [0.4, 0.5) is 0 Å². The summed E-state index contributed by atoms with van der Waals surface area (Å²) in [6.07, 6.45) is 3.55. The number of hydrogen-bond donors (Lipinski definition) is 2. The average molecular weight is 226 g/mol. The Morgan fingerprint density at radius 1 is 1.44 bits per heavy atom. The van der Waals surface area contributed by atoms with Gasteiger partial charge in [0.15, 0.2) is 0 Å². The maximum absolute atomic E-state index is 8.88. The Hall–Kier alpha value is -0.590. The Morgan fingerprint density at radius 2 is 2.12 bits per heavy atom. The van der Waals surface area contributed by atoms with E-state index in [-0.39, 0.29) is 12.0 Å². The van der Waals surface area contributed by atoms with Crippen LogP contribution in [0, 0.1) is 22.7 Å². The second-order valence-electron chi connectivity index (χ2n) is 5.24. The van der Waals surface area contributed by atoms with E-state index in [0.717, 1.165) is 32.4 Å². The number of aliphatic hydroxyl groups is 1. The Kier molecular flexibility index (Phi) is 8.23. The first-order chi connectivity index (χ1) is 7.55. The first-order valence-corrected chi connectivity index (χ1v) is 6.24. The molecule has 0 radical (unpaired) electrons. The van der Waals surface area contributed by atoms with E-state index in [1.165, 1.54) is 0 Å². The molecule has 0 aromatic rings. The van der Waals surface area contributed by atoms with Crippen molar-refractivity contribution in [2.24, 2.45) is 11.3 Å². The Balaban J connectivity index is 3.73. The van der Waals surface area contributed by atoms with Gasteiger partial charge in [0, 0.05) is 19.6 Å².